The number of hydrogen-bond donors (Lipinski definition) is 2. The van der Waals surface area contributed by atoms with Gasteiger partial charge in [-0.1, -0.05) is 17.8 Å². The highest BCUT2D eigenvalue weighted by Crippen LogP contribution is 2.23. The zero-order valence-corrected chi connectivity index (χ0v) is 12.2. The maximum atomic E-state index is 11.8. The summed E-state index contributed by atoms with van der Waals surface area (Å²) in [7, 11) is 0. The van der Waals surface area contributed by atoms with Gasteiger partial charge < -0.3 is 10.4 Å². The van der Waals surface area contributed by atoms with Gasteiger partial charge in [0.15, 0.2) is 0 Å². The lowest BCUT2D eigenvalue weighted by atomic mass is 10.3. The topological polar surface area (TPSA) is 92.9 Å². The first kappa shape index (κ1) is 15.0. The molecule has 0 saturated heterocycles. The van der Waals surface area contributed by atoms with Crippen molar-refractivity contribution in [2.45, 2.75) is 17.3 Å². The van der Waals surface area contributed by atoms with E-state index in [4.69, 9.17) is 0 Å². The third-order valence-corrected chi connectivity index (χ3v) is 3.64. The molecule has 7 nitrogen and oxygen atoms in total. The van der Waals surface area contributed by atoms with E-state index in [-0.39, 0.29) is 16.9 Å². The average molecular weight is 305 g/mol. The summed E-state index contributed by atoms with van der Waals surface area (Å²) < 4.78 is 1.52. The van der Waals surface area contributed by atoms with Gasteiger partial charge in [-0.05, 0) is 41.6 Å². The smallest absolute Gasteiger partial charge is 0.233 e. The Morgan fingerprint density at radius 2 is 2.24 bits per heavy atom. The largest absolute Gasteiger partial charge is 0.508 e. The van der Waals surface area contributed by atoms with Crippen molar-refractivity contribution >= 4 is 17.7 Å². The Hall–Kier alpha value is -2.35. The molecule has 1 amide bonds. The highest BCUT2D eigenvalue weighted by atomic mass is 32.2. The van der Waals surface area contributed by atoms with Crippen molar-refractivity contribution < 1.29 is 9.90 Å². The second-order valence-corrected chi connectivity index (χ2v) is 5.49. The number of amides is 1. The van der Waals surface area contributed by atoms with Gasteiger partial charge in [0.1, 0.15) is 5.75 Å². The number of nitrogens with one attached hydrogen (secondary N) is 1. The molecule has 21 heavy (non-hydrogen) atoms. The first-order valence-electron chi connectivity index (χ1n) is 6.25. The van der Waals surface area contributed by atoms with Crippen LogP contribution in [0.2, 0.25) is 0 Å². The number of phenols is 1. The molecule has 0 aliphatic rings. The highest BCUT2D eigenvalue weighted by Gasteiger charge is 2.18. The first-order valence-corrected chi connectivity index (χ1v) is 7.13. The van der Waals surface area contributed by atoms with Crippen LogP contribution in [-0.2, 0) is 4.79 Å². The summed E-state index contributed by atoms with van der Waals surface area (Å²) in [5.41, 5.74) is 0.707. The number of hydrogen-bond acceptors (Lipinski definition) is 6. The Morgan fingerprint density at radius 3 is 2.90 bits per heavy atom. The molecule has 1 aromatic carbocycles. The normalized spacial score (nSPS) is 11.9. The van der Waals surface area contributed by atoms with Crippen LogP contribution in [0.4, 0.5) is 0 Å². The molecule has 0 unspecified atom stereocenters. The highest BCUT2D eigenvalue weighted by molar-refractivity contribution is 8.00. The number of carbonyl (C=O) groups excluding carboxylic acids is 1. The number of benzene rings is 1. The van der Waals surface area contributed by atoms with Crippen LogP contribution in [0.25, 0.3) is 5.69 Å². The number of nitrogens with zero attached hydrogens (tertiary/aromatic N) is 4. The fraction of sp³-hybridized carbons (Fsp3) is 0.231. The first-order chi connectivity index (χ1) is 10.1. The molecule has 8 heteroatoms. The third kappa shape index (κ3) is 3.82. The zero-order chi connectivity index (χ0) is 15.2. The lowest BCUT2D eigenvalue weighted by Gasteiger charge is -2.10. The monoisotopic (exact) mass is 305 g/mol. The van der Waals surface area contributed by atoms with Crippen molar-refractivity contribution in [3.05, 3.63) is 36.9 Å². The Morgan fingerprint density at radius 1 is 1.52 bits per heavy atom. The molecule has 1 heterocycles. The summed E-state index contributed by atoms with van der Waals surface area (Å²) in [6.45, 7) is 5.75. The predicted molar refractivity (Wildman–Crippen MR) is 79.3 cm³/mol. The summed E-state index contributed by atoms with van der Waals surface area (Å²) in [4.78, 5) is 11.8. The Bertz CT molecular complexity index is 626. The van der Waals surface area contributed by atoms with Gasteiger partial charge in [0, 0.05) is 6.54 Å². The number of aromatic nitrogens is 4. The zero-order valence-electron chi connectivity index (χ0n) is 11.4. The van der Waals surface area contributed by atoms with Crippen LogP contribution in [-0.4, -0.2) is 43.0 Å². The Kier molecular flexibility index (Phi) is 4.94. The molecule has 2 rings (SSSR count). The van der Waals surface area contributed by atoms with Crippen molar-refractivity contribution in [1.29, 1.82) is 0 Å². The molecule has 0 radical (unpaired) electrons. The summed E-state index contributed by atoms with van der Waals surface area (Å²) >= 11 is 1.25. The molecule has 0 aliphatic carbocycles. The van der Waals surface area contributed by atoms with E-state index in [1.165, 1.54) is 16.4 Å². The van der Waals surface area contributed by atoms with Gasteiger partial charge in [0.05, 0.1) is 10.9 Å². The number of thioether (sulfide) groups is 1. The van der Waals surface area contributed by atoms with Crippen LogP contribution in [0.3, 0.4) is 0 Å². The van der Waals surface area contributed by atoms with Crippen LogP contribution >= 0.6 is 11.8 Å². The predicted octanol–water partition coefficient (Wildman–Crippen LogP) is 1.15. The number of tetrazole rings is 1. The van der Waals surface area contributed by atoms with Gasteiger partial charge in [0.2, 0.25) is 11.1 Å². The Labute approximate surface area is 126 Å². The van der Waals surface area contributed by atoms with Crippen LogP contribution in [0.1, 0.15) is 6.92 Å². The molecule has 0 saturated carbocycles. The summed E-state index contributed by atoms with van der Waals surface area (Å²) in [5.74, 6) is 0.0540. The fourth-order valence-corrected chi connectivity index (χ4v) is 2.37. The fourth-order valence-electron chi connectivity index (χ4n) is 1.54. The van der Waals surface area contributed by atoms with Gasteiger partial charge in [-0.2, -0.15) is 4.68 Å². The van der Waals surface area contributed by atoms with Crippen molar-refractivity contribution in [3.8, 4) is 11.4 Å². The van der Waals surface area contributed by atoms with E-state index < -0.39 is 0 Å². The molecule has 0 spiro atoms. The molecular weight excluding hydrogens is 290 g/mol. The molecule has 0 bridgehead atoms. The minimum Gasteiger partial charge on any atom is -0.508 e. The summed E-state index contributed by atoms with van der Waals surface area (Å²) in [6, 6.07) is 6.48. The average Bonchev–Trinajstić information content (AvgIpc) is 2.93. The Balaban J connectivity index is 2.11. The lowest BCUT2D eigenvalue weighted by Crippen LogP contribution is -2.31. The number of phenolic OH excluding ortho intramolecular Hbond substituents is 1. The number of aromatic hydroxyl groups is 1. The van der Waals surface area contributed by atoms with Crippen molar-refractivity contribution in [3.63, 3.8) is 0 Å². The van der Waals surface area contributed by atoms with Gasteiger partial charge in [-0.3, -0.25) is 4.79 Å². The quantitative estimate of drug-likeness (QED) is 0.614. The molecule has 1 atom stereocenters. The van der Waals surface area contributed by atoms with E-state index in [0.717, 1.165) is 0 Å². The van der Waals surface area contributed by atoms with Crippen molar-refractivity contribution in [1.82, 2.24) is 25.5 Å². The van der Waals surface area contributed by atoms with E-state index in [2.05, 4.69) is 27.4 Å². The van der Waals surface area contributed by atoms with E-state index in [1.54, 1.807) is 37.3 Å². The second kappa shape index (κ2) is 6.89. The van der Waals surface area contributed by atoms with E-state index >= 15 is 0 Å². The molecule has 110 valence electrons. The summed E-state index contributed by atoms with van der Waals surface area (Å²) in [5, 5.41) is 23.6. The van der Waals surface area contributed by atoms with Gasteiger partial charge >= 0.3 is 0 Å². The molecule has 2 aromatic rings. The molecular formula is C13H15N5O2S. The third-order valence-electron chi connectivity index (χ3n) is 2.61. The number of rotatable bonds is 6. The van der Waals surface area contributed by atoms with Crippen LogP contribution < -0.4 is 5.32 Å². The van der Waals surface area contributed by atoms with Crippen LogP contribution in [0.15, 0.2) is 42.1 Å². The maximum absolute atomic E-state index is 11.8. The SMILES string of the molecule is C=CCNC(=O)[C@@H](C)Sc1nnnn1-c1ccc(O)cc1. The second-order valence-electron chi connectivity index (χ2n) is 4.18. The van der Waals surface area contributed by atoms with Gasteiger partial charge in [-0.25, -0.2) is 0 Å². The molecule has 0 fully saturated rings. The number of carbonyl (C=O) groups is 1. The molecule has 2 N–H and O–H groups in total. The van der Waals surface area contributed by atoms with Crippen LogP contribution in [0.5, 0.6) is 5.75 Å². The van der Waals surface area contributed by atoms with Crippen molar-refractivity contribution in [2.24, 2.45) is 0 Å². The van der Waals surface area contributed by atoms with Gasteiger partial charge in [0.25, 0.3) is 0 Å². The van der Waals surface area contributed by atoms with E-state index in [9.17, 15) is 9.90 Å². The van der Waals surface area contributed by atoms with E-state index in [1.807, 2.05) is 0 Å². The van der Waals surface area contributed by atoms with Crippen molar-refractivity contribution in [2.75, 3.05) is 6.54 Å². The minimum absolute atomic E-state index is 0.111. The lowest BCUT2D eigenvalue weighted by molar-refractivity contribution is -0.120. The molecule has 1 aromatic heterocycles. The molecule has 0 aliphatic heterocycles. The van der Waals surface area contributed by atoms with Crippen LogP contribution in [0, 0.1) is 0 Å². The van der Waals surface area contributed by atoms with E-state index in [0.29, 0.717) is 17.4 Å². The van der Waals surface area contributed by atoms with Gasteiger partial charge in [-0.15, -0.1) is 11.7 Å². The minimum atomic E-state index is -0.341. The summed E-state index contributed by atoms with van der Waals surface area (Å²) in [6.07, 6.45) is 1.62. The standard InChI is InChI=1S/C13H15N5O2S/c1-3-8-14-12(20)9(2)21-13-15-16-17-18(13)10-4-6-11(19)7-5-10/h3-7,9,19H,1,8H2,2H3,(H,14,20)/t9-/m1/s1. The maximum Gasteiger partial charge on any atom is 0.233 e.